The number of benzene rings is 3. The summed E-state index contributed by atoms with van der Waals surface area (Å²) in [5.41, 5.74) is 3.62. The minimum absolute atomic E-state index is 0.152. The molecular formula is C28H32N2O4. The van der Waals surface area contributed by atoms with E-state index in [1.54, 1.807) is 7.11 Å². The van der Waals surface area contributed by atoms with Crippen molar-refractivity contribution in [3.05, 3.63) is 89.5 Å². The first-order chi connectivity index (χ1) is 16.3. The second kappa shape index (κ2) is 11.4. The van der Waals surface area contributed by atoms with E-state index in [1.165, 1.54) is 0 Å². The highest BCUT2D eigenvalue weighted by Crippen LogP contribution is 2.27. The average Bonchev–Trinajstić information content (AvgIpc) is 2.82. The first-order valence-electron chi connectivity index (χ1n) is 11.3. The van der Waals surface area contributed by atoms with Gasteiger partial charge in [-0.15, -0.1) is 0 Å². The van der Waals surface area contributed by atoms with Crippen LogP contribution in [-0.4, -0.2) is 31.3 Å². The maximum atomic E-state index is 13.1. The molecule has 0 aromatic heterocycles. The standard InChI is InChI=1S/C28H32N2O4/c1-28(2,3)34-27(32)30-19-21-12-5-7-13-22(21)23-14-8-9-15-24(23)26(31)29-18-17-20-11-6-10-16-25(20)33-4/h5-16H,17-19H2,1-4H3,(H,29,31)(H,30,32). The summed E-state index contributed by atoms with van der Waals surface area (Å²) in [4.78, 5) is 25.2. The molecule has 178 valence electrons. The number of alkyl carbamates (subject to hydrolysis) is 1. The molecule has 3 aromatic carbocycles. The number of hydrogen-bond donors (Lipinski definition) is 2. The van der Waals surface area contributed by atoms with E-state index in [1.807, 2.05) is 93.6 Å². The predicted octanol–water partition coefficient (Wildman–Crippen LogP) is 5.36. The Labute approximate surface area is 201 Å². The summed E-state index contributed by atoms with van der Waals surface area (Å²) in [5.74, 6) is 0.656. The molecule has 0 fully saturated rings. The van der Waals surface area contributed by atoms with Gasteiger partial charge in [0.15, 0.2) is 0 Å². The van der Waals surface area contributed by atoms with Crippen LogP contribution in [-0.2, 0) is 17.7 Å². The van der Waals surface area contributed by atoms with Gasteiger partial charge in [0.05, 0.1) is 7.11 Å². The summed E-state index contributed by atoms with van der Waals surface area (Å²) < 4.78 is 10.7. The Morgan fingerprint density at radius 1 is 0.794 bits per heavy atom. The largest absolute Gasteiger partial charge is 0.496 e. The maximum Gasteiger partial charge on any atom is 0.407 e. The summed E-state index contributed by atoms with van der Waals surface area (Å²) in [6.45, 7) is 6.24. The minimum Gasteiger partial charge on any atom is -0.496 e. The highest BCUT2D eigenvalue weighted by Gasteiger charge is 2.18. The summed E-state index contributed by atoms with van der Waals surface area (Å²) in [6, 6.07) is 23.0. The van der Waals surface area contributed by atoms with Crippen LogP contribution in [0.1, 0.15) is 42.3 Å². The molecule has 0 spiro atoms. The third-order valence-corrected chi connectivity index (χ3v) is 5.17. The van der Waals surface area contributed by atoms with Crippen molar-refractivity contribution in [2.45, 2.75) is 39.3 Å². The van der Waals surface area contributed by atoms with Gasteiger partial charge in [0.2, 0.25) is 0 Å². The summed E-state index contributed by atoms with van der Waals surface area (Å²) in [7, 11) is 1.64. The van der Waals surface area contributed by atoms with Crippen molar-refractivity contribution in [3.63, 3.8) is 0 Å². The molecule has 0 heterocycles. The number of amides is 2. The average molecular weight is 461 g/mol. The fraction of sp³-hybridized carbons (Fsp3) is 0.286. The molecular weight excluding hydrogens is 428 g/mol. The molecule has 0 aliphatic heterocycles. The number of hydrogen-bond acceptors (Lipinski definition) is 4. The lowest BCUT2D eigenvalue weighted by molar-refractivity contribution is 0.0523. The normalized spacial score (nSPS) is 10.9. The Morgan fingerprint density at radius 2 is 1.41 bits per heavy atom. The van der Waals surface area contributed by atoms with Crippen LogP contribution in [0.15, 0.2) is 72.8 Å². The van der Waals surface area contributed by atoms with Crippen LogP contribution in [0, 0.1) is 0 Å². The van der Waals surface area contributed by atoms with Gasteiger partial charge < -0.3 is 20.1 Å². The molecule has 6 heteroatoms. The van der Waals surface area contributed by atoms with Crippen molar-refractivity contribution in [1.29, 1.82) is 0 Å². The molecule has 0 aliphatic rings. The van der Waals surface area contributed by atoms with Crippen molar-refractivity contribution >= 4 is 12.0 Å². The van der Waals surface area contributed by atoms with Gasteiger partial charge >= 0.3 is 6.09 Å². The summed E-state index contributed by atoms with van der Waals surface area (Å²) in [6.07, 6.45) is 0.179. The number of rotatable bonds is 8. The Bertz CT molecular complexity index is 1140. The number of ether oxygens (including phenoxy) is 2. The van der Waals surface area contributed by atoms with Crippen LogP contribution in [0.4, 0.5) is 4.79 Å². The fourth-order valence-corrected chi connectivity index (χ4v) is 3.65. The van der Waals surface area contributed by atoms with E-state index in [9.17, 15) is 9.59 Å². The number of para-hydroxylation sites is 1. The van der Waals surface area contributed by atoms with Crippen molar-refractivity contribution in [3.8, 4) is 16.9 Å². The smallest absolute Gasteiger partial charge is 0.407 e. The Kier molecular flexibility index (Phi) is 8.30. The SMILES string of the molecule is COc1ccccc1CCNC(=O)c1ccccc1-c1ccccc1CNC(=O)OC(C)(C)C. The second-order valence-corrected chi connectivity index (χ2v) is 8.88. The highest BCUT2D eigenvalue weighted by atomic mass is 16.6. The van der Waals surface area contributed by atoms with Crippen LogP contribution in [0.25, 0.3) is 11.1 Å². The lowest BCUT2D eigenvalue weighted by Crippen LogP contribution is -2.32. The van der Waals surface area contributed by atoms with Gasteiger partial charge in [-0.3, -0.25) is 4.79 Å². The van der Waals surface area contributed by atoms with Gasteiger partial charge in [0.25, 0.3) is 5.91 Å². The molecule has 0 saturated heterocycles. The zero-order valence-electron chi connectivity index (χ0n) is 20.2. The van der Waals surface area contributed by atoms with E-state index in [0.29, 0.717) is 18.5 Å². The van der Waals surface area contributed by atoms with E-state index < -0.39 is 11.7 Å². The quantitative estimate of drug-likeness (QED) is 0.475. The fourth-order valence-electron chi connectivity index (χ4n) is 3.65. The molecule has 34 heavy (non-hydrogen) atoms. The Balaban J connectivity index is 1.73. The molecule has 0 atom stereocenters. The van der Waals surface area contributed by atoms with Gasteiger partial charge in [-0.05, 0) is 61.6 Å². The minimum atomic E-state index is -0.571. The van der Waals surface area contributed by atoms with Gasteiger partial charge in [-0.25, -0.2) is 4.79 Å². The van der Waals surface area contributed by atoms with Crippen LogP contribution in [0.2, 0.25) is 0 Å². The topological polar surface area (TPSA) is 76.7 Å². The predicted molar refractivity (Wildman–Crippen MR) is 134 cm³/mol. The third-order valence-electron chi connectivity index (χ3n) is 5.17. The van der Waals surface area contributed by atoms with Crippen molar-refractivity contribution < 1.29 is 19.1 Å². The van der Waals surface area contributed by atoms with Gasteiger partial charge in [-0.2, -0.15) is 0 Å². The lowest BCUT2D eigenvalue weighted by atomic mass is 9.95. The Morgan fingerprint density at radius 3 is 2.12 bits per heavy atom. The van der Waals surface area contributed by atoms with Crippen molar-refractivity contribution in [2.24, 2.45) is 0 Å². The molecule has 3 aromatic rings. The van der Waals surface area contributed by atoms with E-state index in [4.69, 9.17) is 9.47 Å². The van der Waals surface area contributed by atoms with Gasteiger partial charge in [0, 0.05) is 18.7 Å². The number of nitrogens with one attached hydrogen (secondary N) is 2. The molecule has 3 rings (SSSR count). The van der Waals surface area contributed by atoms with Gasteiger partial charge in [-0.1, -0.05) is 60.7 Å². The molecule has 0 radical (unpaired) electrons. The number of methoxy groups -OCH3 is 1. The lowest BCUT2D eigenvalue weighted by Gasteiger charge is -2.20. The first kappa shape index (κ1) is 24.8. The van der Waals surface area contributed by atoms with E-state index in [0.717, 1.165) is 28.0 Å². The van der Waals surface area contributed by atoms with E-state index in [2.05, 4.69) is 10.6 Å². The molecule has 0 saturated carbocycles. The molecule has 0 bridgehead atoms. The van der Waals surface area contributed by atoms with Crippen LogP contribution >= 0.6 is 0 Å². The molecule has 2 amide bonds. The molecule has 6 nitrogen and oxygen atoms in total. The van der Waals surface area contributed by atoms with Crippen LogP contribution in [0.3, 0.4) is 0 Å². The zero-order valence-corrected chi connectivity index (χ0v) is 20.2. The van der Waals surface area contributed by atoms with Crippen LogP contribution < -0.4 is 15.4 Å². The molecule has 0 unspecified atom stereocenters. The van der Waals surface area contributed by atoms with Crippen molar-refractivity contribution in [1.82, 2.24) is 10.6 Å². The van der Waals surface area contributed by atoms with Crippen LogP contribution in [0.5, 0.6) is 5.75 Å². The van der Waals surface area contributed by atoms with E-state index >= 15 is 0 Å². The summed E-state index contributed by atoms with van der Waals surface area (Å²) in [5, 5.41) is 5.82. The Hall–Kier alpha value is -3.80. The maximum absolute atomic E-state index is 13.1. The monoisotopic (exact) mass is 460 g/mol. The highest BCUT2D eigenvalue weighted by molar-refractivity contribution is 6.01. The number of carbonyl (C=O) groups excluding carboxylic acids is 2. The van der Waals surface area contributed by atoms with Gasteiger partial charge in [0.1, 0.15) is 11.4 Å². The first-order valence-corrected chi connectivity index (χ1v) is 11.3. The summed E-state index contributed by atoms with van der Waals surface area (Å²) >= 11 is 0. The number of carbonyl (C=O) groups is 2. The third kappa shape index (κ3) is 6.85. The van der Waals surface area contributed by atoms with E-state index in [-0.39, 0.29) is 12.5 Å². The second-order valence-electron chi connectivity index (χ2n) is 8.88. The van der Waals surface area contributed by atoms with Crippen molar-refractivity contribution in [2.75, 3.05) is 13.7 Å². The molecule has 2 N–H and O–H groups in total. The molecule has 0 aliphatic carbocycles. The zero-order chi connectivity index (χ0) is 24.6.